The van der Waals surface area contributed by atoms with Crippen LogP contribution in [0.5, 0.6) is 0 Å². The second-order valence-electron chi connectivity index (χ2n) is 6.58. The molecular formula is C17H27N5O. The molecule has 3 rings (SSSR count). The highest BCUT2D eigenvalue weighted by Crippen LogP contribution is 2.22. The van der Waals surface area contributed by atoms with Crippen LogP contribution in [-0.2, 0) is 7.05 Å². The molecule has 1 unspecified atom stereocenters. The predicted octanol–water partition coefficient (Wildman–Crippen LogP) is 1.92. The van der Waals surface area contributed by atoms with Crippen molar-refractivity contribution in [1.29, 1.82) is 0 Å². The van der Waals surface area contributed by atoms with Crippen molar-refractivity contribution < 1.29 is 4.79 Å². The molecule has 6 nitrogen and oxygen atoms in total. The molecule has 1 N–H and O–H groups in total. The van der Waals surface area contributed by atoms with Gasteiger partial charge in [-0.15, -0.1) is 0 Å². The van der Waals surface area contributed by atoms with Gasteiger partial charge in [0.15, 0.2) is 0 Å². The zero-order chi connectivity index (χ0) is 16.2. The van der Waals surface area contributed by atoms with Crippen LogP contribution in [-0.4, -0.2) is 58.6 Å². The van der Waals surface area contributed by atoms with Crippen molar-refractivity contribution >= 4 is 6.03 Å². The zero-order valence-corrected chi connectivity index (χ0v) is 14.2. The van der Waals surface area contributed by atoms with Crippen molar-refractivity contribution in [3.05, 3.63) is 29.9 Å². The quantitative estimate of drug-likeness (QED) is 0.863. The molecule has 0 saturated carbocycles. The summed E-state index contributed by atoms with van der Waals surface area (Å²) in [6, 6.07) is 0.211. The third-order valence-electron chi connectivity index (χ3n) is 4.95. The van der Waals surface area contributed by atoms with Crippen molar-refractivity contribution in [1.82, 2.24) is 24.7 Å². The van der Waals surface area contributed by atoms with Gasteiger partial charge in [0, 0.05) is 45.6 Å². The minimum absolute atomic E-state index is 0.0518. The summed E-state index contributed by atoms with van der Waals surface area (Å²) >= 11 is 0. The minimum Gasteiger partial charge on any atom is -0.338 e. The first-order chi connectivity index (χ1) is 11.1. The van der Waals surface area contributed by atoms with Crippen LogP contribution in [0, 0.1) is 0 Å². The van der Waals surface area contributed by atoms with Gasteiger partial charge in [-0.25, -0.2) is 9.78 Å². The lowest BCUT2D eigenvalue weighted by Gasteiger charge is -2.38. The number of aromatic nitrogens is 2. The Morgan fingerprint density at radius 3 is 2.96 bits per heavy atom. The number of nitrogens with zero attached hydrogens (tertiary/aromatic N) is 4. The van der Waals surface area contributed by atoms with Gasteiger partial charge < -0.3 is 14.8 Å². The van der Waals surface area contributed by atoms with Gasteiger partial charge in [-0.2, -0.15) is 0 Å². The van der Waals surface area contributed by atoms with E-state index in [0.29, 0.717) is 6.54 Å². The maximum Gasteiger partial charge on any atom is 0.317 e. The number of allylic oxidation sites excluding steroid dienone is 1. The molecule has 1 aliphatic heterocycles. The molecule has 1 saturated heterocycles. The first-order valence-electron chi connectivity index (χ1n) is 8.53. The third-order valence-corrected chi connectivity index (χ3v) is 4.95. The van der Waals surface area contributed by atoms with E-state index in [-0.39, 0.29) is 12.1 Å². The molecule has 0 radical (unpaired) electrons. The summed E-state index contributed by atoms with van der Waals surface area (Å²) in [6.07, 6.45) is 10.8. The number of nitrogens with one attached hydrogen (secondary N) is 1. The molecule has 1 fully saturated rings. The van der Waals surface area contributed by atoms with Gasteiger partial charge in [-0.1, -0.05) is 11.6 Å². The maximum atomic E-state index is 12.4. The number of urea groups is 1. The fourth-order valence-corrected chi connectivity index (χ4v) is 3.44. The molecule has 0 aromatic carbocycles. The molecule has 1 aliphatic carbocycles. The normalized spacial score (nSPS) is 22.3. The monoisotopic (exact) mass is 317 g/mol. The lowest BCUT2D eigenvalue weighted by molar-refractivity contribution is 0.104. The Bertz CT molecular complexity index is 579. The average molecular weight is 317 g/mol. The molecule has 0 spiro atoms. The van der Waals surface area contributed by atoms with Crippen LogP contribution in [0.2, 0.25) is 0 Å². The molecule has 1 atom stereocenters. The van der Waals surface area contributed by atoms with Gasteiger partial charge in [-0.3, -0.25) is 4.90 Å². The Hall–Kier alpha value is -1.82. The SMILES string of the molecule is CN1CCN(C(=O)NCCC2=CCCC2)CC1c1nccn1C. The van der Waals surface area contributed by atoms with E-state index in [0.717, 1.165) is 31.9 Å². The summed E-state index contributed by atoms with van der Waals surface area (Å²) in [5.41, 5.74) is 1.49. The van der Waals surface area contributed by atoms with E-state index in [4.69, 9.17) is 0 Å². The minimum atomic E-state index is 0.0518. The average Bonchev–Trinajstić information content (AvgIpc) is 3.19. The third kappa shape index (κ3) is 3.75. The molecule has 2 aliphatic rings. The van der Waals surface area contributed by atoms with Gasteiger partial charge in [0.1, 0.15) is 5.82 Å². The Labute approximate surface area is 138 Å². The number of amides is 2. The Balaban J connectivity index is 1.53. The molecule has 126 valence electrons. The number of piperazine rings is 1. The highest BCUT2D eigenvalue weighted by atomic mass is 16.2. The zero-order valence-electron chi connectivity index (χ0n) is 14.2. The van der Waals surface area contributed by atoms with E-state index in [1.165, 1.54) is 24.8 Å². The molecule has 0 bridgehead atoms. The fraction of sp³-hybridized carbons (Fsp3) is 0.647. The molecule has 2 heterocycles. The highest BCUT2D eigenvalue weighted by molar-refractivity contribution is 5.74. The molecule has 1 aromatic heterocycles. The summed E-state index contributed by atoms with van der Waals surface area (Å²) in [6.45, 7) is 3.07. The van der Waals surface area contributed by atoms with Crippen molar-refractivity contribution in [3.63, 3.8) is 0 Å². The van der Waals surface area contributed by atoms with Crippen LogP contribution in [0.3, 0.4) is 0 Å². The van der Waals surface area contributed by atoms with Gasteiger partial charge >= 0.3 is 6.03 Å². The van der Waals surface area contributed by atoms with Crippen LogP contribution in [0.25, 0.3) is 0 Å². The summed E-state index contributed by atoms with van der Waals surface area (Å²) in [7, 11) is 4.10. The van der Waals surface area contributed by atoms with Gasteiger partial charge in [-0.05, 0) is 32.7 Å². The smallest absolute Gasteiger partial charge is 0.317 e. The van der Waals surface area contributed by atoms with E-state index in [9.17, 15) is 4.79 Å². The van der Waals surface area contributed by atoms with E-state index in [1.807, 2.05) is 28.9 Å². The standard InChI is InChI=1S/C17H27N5O/c1-20-11-12-22(13-15(20)16-18-9-10-21(16)2)17(23)19-8-7-14-5-3-4-6-14/h5,9-10,15H,3-4,6-8,11-13H2,1-2H3,(H,19,23). The van der Waals surface area contributed by atoms with Crippen molar-refractivity contribution in [2.24, 2.45) is 7.05 Å². The lowest BCUT2D eigenvalue weighted by atomic mass is 10.1. The van der Waals surface area contributed by atoms with Crippen LogP contribution in [0.4, 0.5) is 4.79 Å². The van der Waals surface area contributed by atoms with Crippen molar-refractivity contribution in [3.8, 4) is 0 Å². The Morgan fingerprint density at radius 1 is 1.39 bits per heavy atom. The summed E-state index contributed by atoms with van der Waals surface area (Å²) < 4.78 is 2.04. The van der Waals surface area contributed by atoms with Crippen LogP contribution in [0.1, 0.15) is 37.5 Å². The van der Waals surface area contributed by atoms with Gasteiger partial charge in [0.05, 0.1) is 6.04 Å². The van der Waals surface area contributed by atoms with Crippen molar-refractivity contribution in [2.45, 2.75) is 31.7 Å². The molecule has 2 amide bonds. The first-order valence-corrected chi connectivity index (χ1v) is 8.53. The maximum absolute atomic E-state index is 12.4. The van der Waals surface area contributed by atoms with E-state index < -0.39 is 0 Å². The van der Waals surface area contributed by atoms with Crippen LogP contribution >= 0.6 is 0 Å². The number of aryl methyl sites for hydroxylation is 1. The largest absolute Gasteiger partial charge is 0.338 e. The predicted molar refractivity (Wildman–Crippen MR) is 90.1 cm³/mol. The number of hydrogen-bond acceptors (Lipinski definition) is 3. The van der Waals surface area contributed by atoms with Gasteiger partial charge in [0.2, 0.25) is 0 Å². The Kier molecular flexibility index (Phi) is 5.00. The first kappa shape index (κ1) is 16.1. The van der Waals surface area contributed by atoms with E-state index in [1.54, 1.807) is 0 Å². The lowest BCUT2D eigenvalue weighted by Crippen LogP contribution is -2.52. The molecular weight excluding hydrogens is 290 g/mol. The summed E-state index contributed by atoms with van der Waals surface area (Å²) in [4.78, 5) is 21.1. The second-order valence-corrected chi connectivity index (χ2v) is 6.58. The van der Waals surface area contributed by atoms with E-state index in [2.05, 4.69) is 28.3 Å². The molecule has 1 aromatic rings. The van der Waals surface area contributed by atoms with Gasteiger partial charge in [0.25, 0.3) is 0 Å². The molecule has 6 heteroatoms. The fourth-order valence-electron chi connectivity index (χ4n) is 3.44. The topological polar surface area (TPSA) is 53.4 Å². The Morgan fingerprint density at radius 2 is 2.26 bits per heavy atom. The second kappa shape index (κ2) is 7.17. The van der Waals surface area contributed by atoms with Crippen molar-refractivity contribution in [2.75, 3.05) is 33.2 Å². The van der Waals surface area contributed by atoms with Crippen LogP contribution in [0.15, 0.2) is 24.0 Å². The number of imidazole rings is 1. The summed E-state index contributed by atoms with van der Waals surface area (Å²) in [5, 5.41) is 3.07. The number of carbonyl (C=O) groups is 1. The number of likely N-dealkylation sites (N-methyl/N-ethyl adjacent to an activating group) is 1. The van der Waals surface area contributed by atoms with E-state index >= 15 is 0 Å². The number of carbonyl (C=O) groups excluding carboxylic acids is 1. The number of rotatable bonds is 4. The summed E-state index contributed by atoms with van der Waals surface area (Å²) in [5.74, 6) is 1.01. The molecule has 23 heavy (non-hydrogen) atoms. The highest BCUT2D eigenvalue weighted by Gasteiger charge is 2.30. The number of hydrogen-bond donors (Lipinski definition) is 1. The van der Waals surface area contributed by atoms with Crippen LogP contribution < -0.4 is 5.32 Å².